The van der Waals surface area contributed by atoms with Gasteiger partial charge in [-0.25, -0.2) is 0 Å². The third kappa shape index (κ3) is 4.53. The van der Waals surface area contributed by atoms with Crippen molar-refractivity contribution < 1.29 is 9.59 Å². The fourth-order valence-electron chi connectivity index (χ4n) is 3.91. The summed E-state index contributed by atoms with van der Waals surface area (Å²) in [4.78, 5) is 26.4. The molecule has 5 heteroatoms. The van der Waals surface area contributed by atoms with Crippen LogP contribution in [0.25, 0.3) is 0 Å². The van der Waals surface area contributed by atoms with E-state index in [0.29, 0.717) is 6.54 Å². The number of nitrogens with one attached hydrogen (secondary N) is 2. The fraction of sp³-hybridized carbons (Fsp3) is 0.600. The molecule has 1 heterocycles. The van der Waals surface area contributed by atoms with E-state index in [-0.39, 0.29) is 23.7 Å². The second kappa shape index (κ2) is 8.37. The first-order chi connectivity index (χ1) is 12.2. The van der Waals surface area contributed by atoms with E-state index in [1.54, 1.807) is 0 Å². The summed E-state index contributed by atoms with van der Waals surface area (Å²) in [6.07, 6.45) is 6.17. The predicted molar refractivity (Wildman–Crippen MR) is 101 cm³/mol. The van der Waals surface area contributed by atoms with Crippen LogP contribution < -0.4 is 15.5 Å². The molecular weight excluding hydrogens is 314 g/mol. The van der Waals surface area contributed by atoms with Crippen LogP contribution in [-0.2, 0) is 9.59 Å². The van der Waals surface area contributed by atoms with E-state index in [1.165, 1.54) is 12.8 Å². The van der Waals surface area contributed by atoms with Gasteiger partial charge in [-0.05, 0) is 56.9 Å². The lowest BCUT2D eigenvalue weighted by Crippen LogP contribution is -2.40. The zero-order valence-corrected chi connectivity index (χ0v) is 15.1. The molecule has 1 aromatic carbocycles. The summed E-state index contributed by atoms with van der Waals surface area (Å²) < 4.78 is 0. The van der Waals surface area contributed by atoms with E-state index in [4.69, 9.17) is 0 Å². The van der Waals surface area contributed by atoms with Gasteiger partial charge in [0.05, 0.1) is 0 Å². The maximum absolute atomic E-state index is 12.2. The lowest BCUT2D eigenvalue weighted by atomic mass is 9.95. The van der Waals surface area contributed by atoms with Crippen LogP contribution >= 0.6 is 0 Å². The van der Waals surface area contributed by atoms with Crippen molar-refractivity contribution in [3.63, 3.8) is 0 Å². The molecular formula is C20H29N3O2. The highest BCUT2D eigenvalue weighted by Crippen LogP contribution is 2.27. The van der Waals surface area contributed by atoms with Gasteiger partial charge in [0.1, 0.15) is 0 Å². The Labute approximate surface area is 150 Å². The highest BCUT2D eigenvalue weighted by molar-refractivity contribution is 5.92. The van der Waals surface area contributed by atoms with Crippen molar-refractivity contribution in [2.24, 2.45) is 11.8 Å². The molecule has 1 aliphatic carbocycles. The van der Waals surface area contributed by atoms with Gasteiger partial charge in [-0.2, -0.15) is 0 Å². The molecule has 0 atom stereocenters. The maximum Gasteiger partial charge on any atom is 0.227 e. The first-order valence-electron chi connectivity index (χ1n) is 9.61. The van der Waals surface area contributed by atoms with Crippen LogP contribution in [0.4, 0.5) is 11.4 Å². The topological polar surface area (TPSA) is 61.4 Å². The van der Waals surface area contributed by atoms with Gasteiger partial charge >= 0.3 is 0 Å². The minimum atomic E-state index is 0.140. The fourth-order valence-corrected chi connectivity index (χ4v) is 3.91. The zero-order valence-electron chi connectivity index (χ0n) is 15.1. The Balaban J connectivity index is 1.51. The molecule has 1 saturated heterocycles. The zero-order chi connectivity index (χ0) is 17.6. The standard InChI is InChI=1S/C20H29N3O2/c1-2-21-19(24)16-11-13-23(14-12-16)18-9-7-17(8-10-18)22-20(25)15-5-3-4-6-15/h7-10,15-16H,2-6,11-14H2,1H3,(H,21,24)(H,22,25). The van der Waals surface area contributed by atoms with Crippen molar-refractivity contribution in [2.75, 3.05) is 29.9 Å². The Morgan fingerprint density at radius 2 is 1.56 bits per heavy atom. The summed E-state index contributed by atoms with van der Waals surface area (Å²) in [7, 11) is 0. The van der Waals surface area contributed by atoms with Gasteiger partial charge in [-0.15, -0.1) is 0 Å². The van der Waals surface area contributed by atoms with Crippen molar-refractivity contribution in [3.05, 3.63) is 24.3 Å². The number of carbonyl (C=O) groups is 2. The molecule has 2 amide bonds. The molecule has 2 N–H and O–H groups in total. The number of benzene rings is 1. The molecule has 0 radical (unpaired) electrons. The molecule has 3 rings (SSSR count). The Morgan fingerprint density at radius 1 is 0.960 bits per heavy atom. The number of hydrogen-bond acceptors (Lipinski definition) is 3. The number of hydrogen-bond donors (Lipinski definition) is 2. The van der Waals surface area contributed by atoms with Crippen LogP contribution in [0.5, 0.6) is 0 Å². The maximum atomic E-state index is 12.2. The molecule has 136 valence electrons. The number of carbonyl (C=O) groups excluding carboxylic acids is 2. The van der Waals surface area contributed by atoms with E-state index in [1.807, 2.05) is 19.1 Å². The largest absolute Gasteiger partial charge is 0.371 e. The lowest BCUT2D eigenvalue weighted by molar-refractivity contribution is -0.125. The van der Waals surface area contributed by atoms with E-state index in [0.717, 1.165) is 50.1 Å². The summed E-state index contributed by atoms with van der Waals surface area (Å²) in [6, 6.07) is 8.10. The predicted octanol–water partition coefficient (Wildman–Crippen LogP) is 3.17. The summed E-state index contributed by atoms with van der Waals surface area (Å²) in [5.74, 6) is 0.675. The molecule has 2 fully saturated rings. The van der Waals surface area contributed by atoms with Crippen molar-refractivity contribution in [1.82, 2.24) is 5.32 Å². The van der Waals surface area contributed by atoms with Crippen LogP contribution in [0.15, 0.2) is 24.3 Å². The Morgan fingerprint density at radius 3 is 2.16 bits per heavy atom. The molecule has 1 aliphatic heterocycles. The third-order valence-corrected chi connectivity index (χ3v) is 5.44. The van der Waals surface area contributed by atoms with Gasteiger partial charge in [-0.3, -0.25) is 9.59 Å². The van der Waals surface area contributed by atoms with E-state index in [9.17, 15) is 9.59 Å². The Hall–Kier alpha value is -2.04. The van der Waals surface area contributed by atoms with E-state index < -0.39 is 0 Å². The van der Waals surface area contributed by atoms with Crippen molar-refractivity contribution in [1.29, 1.82) is 0 Å². The quantitative estimate of drug-likeness (QED) is 0.863. The lowest BCUT2D eigenvalue weighted by Gasteiger charge is -2.33. The molecule has 1 aromatic rings. The average Bonchev–Trinajstić information content (AvgIpc) is 3.18. The highest BCUT2D eigenvalue weighted by Gasteiger charge is 2.25. The molecule has 0 bridgehead atoms. The van der Waals surface area contributed by atoms with Crippen LogP contribution in [0, 0.1) is 11.8 Å². The number of amides is 2. The van der Waals surface area contributed by atoms with E-state index >= 15 is 0 Å². The number of piperidine rings is 1. The average molecular weight is 343 g/mol. The molecule has 5 nitrogen and oxygen atoms in total. The summed E-state index contributed by atoms with van der Waals surface area (Å²) in [5, 5.41) is 5.96. The minimum absolute atomic E-state index is 0.140. The van der Waals surface area contributed by atoms with Crippen molar-refractivity contribution in [2.45, 2.75) is 45.4 Å². The Bertz CT molecular complexity index is 585. The molecule has 25 heavy (non-hydrogen) atoms. The first kappa shape index (κ1) is 17.8. The van der Waals surface area contributed by atoms with Crippen LogP contribution in [-0.4, -0.2) is 31.4 Å². The SMILES string of the molecule is CCNC(=O)C1CCN(c2ccc(NC(=O)C3CCCC3)cc2)CC1. The molecule has 2 aliphatic rings. The van der Waals surface area contributed by atoms with Gasteiger partial charge in [0.15, 0.2) is 0 Å². The van der Waals surface area contributed by atoms with Crippen LogP contribution in [0.2, 0.25) is 0 Å². The number of rotatable bonds is 5. The normalized spacial score (nSPS) is 19.0. The second-order valence-electron chi connectivity index (χ2n) is 7.17. The van der Waals surface area contributed by atoms with Gasteiger partial charge in [0.2, 0.25) is 11.8 Å². The first-order valence-corrected chi connectivity index (χ1v) is 9.61. The smallest absolute Gasteiger partial charge is 0.227 e. The van der Waals surface area contributed by atoms with E-state index in [2.05, 4.69) is 27.7 Å². The summed E-state index contributed by atoms with van der Waals surface area (Å²) >= 11 is 0. The molecule has 0 aromatic heterocycles. The number of nitrogens with zero attached hydrogens (tertiary/aromatic N) is 1. The summed E-state index contributed by atoms with van der Waals surface area (Å²) in [5.41, 5.74) is 2.03. The molecule has 0 spiro atoms. The molecule has 1 saturated carbocycles. The third-order valence-electron chi connectivity index (χ3n) is 5.44. The van der Waals surface area contributed by atoms with Crippen molar-refractivity contribution in [3.8, 4) is 0 Å². The minimum Gasteiger partial charge on any atom is -0.371 e. The van der Waals surface area contributed by atoms with Gasteiger partial charge in [-0.1, -0.05) is 12.8 Å². The number of anilines is 2. The van der Waals surface area contributed by atoms with Crippen LogP contribution in [0.1, 0.15) is 45.4 Å². The highest BCUT2D eigenvalue weighted by atomic mass is 16.2. The second-order valence-corrected chi connectivity index (χ2v) is 7.17. The van der Waals surface area contributed by atoms with Gasteiger partial charge in [0, 0.05) is 42.8 Å². The van der Waals surface area contributed by atoms with Crippen molar-refractivity contribution >= 4 is 23.2 Å². The van der Waals surface area contributed by atoms with Gasteiger partial charge < -0.3 is 15.5 Å². The Kier molecular flexibility index (Phi) is 5.95. The summed E-state index contributed by atoms with van der Waals surface area (Å²) in [6.45, 7) is 4.46. The van der Waals surface area contributed by atoms with Gasteiger partial charge in [0.25, 0.3) is 0 Å². The van der Waals surface area contributed by atoms with Crippen LogP contribution in [0.3, 0.4) is 0 Å². The molecule has 0 unspecified atom stereocenters. The monoisotopic (exact) mass is 343 g/mol.